The molecule has 6 nitrogen and oxygen atoms in total. The van der Waals surface area contributed by atoms with Crippen molar-refractivity contribution in [1.29, 1.82) is 0 Å². The van der Waals surface area contributed by atoms with Crippen LogP contribution in [0.25, 0.3) is 11.9 Å². The van der Waals surface area contributed by atoms with Crippen LogP contribution < -0.4 is 15.3 Å². The van der Waals surface area contributed by atoms with Crippen molar-refractivity contribution in [2.24, 2.45) is 4.99 Å². The van der Waals surface area contributed by atoms with Gasteiger partial charge in [0.2, 0.25) is 0 Å². The minimum atomic E-state index is 0.564. The Morgan fingerprint density at radius 2 is 1.96 bits per heavy atom. The largest absolute Gasteiger partial charge is 0.497 e. The second-order valence-electron chi connectivity index (χ2n) is 5.71. The van der Waals surface area contributed by atoms with E-state index in [1.54, 1.807) is 7.11 Å². The third-order valence-corrected chi connectivity index (χ3v) is 4.37. The number of aromatic amines is 1. The quantitative estimate of drug-likeness (QED) is 0.728. The first kappa shape index (κ1) is 15.6. The highest BCUT2D eigenvalue weighted by Gasteiger charge is 2.12. The molecule has 0 fully saturated rings. The zero-order valence-corrected chi connectivity index (χ0v) is 14.5. The predicted molar refractivity (Wildman–Crippen MR) is 97.4 cm³/mol. The van der Waals surface area contributed by atoms with Crippen LogP contribution in [-0.2, 0) is 6.54 Å². The van der Waals surface area contributed by atoms with Crippen LogP contribution in [0.4, 0.5) is 0 Å². The van der Waals surface area contributed by atoms with Crippen molar-refractivity contribution in [3.8, 4) is 11.4 Å². The summed E-state index contributed by atoms with van der Waals surface area (Å²) in [5, 5.41) is 9.41. The van der Waals surface area contributed by atoms with E-state index in [0.29, 0.717) is 18.0 Å². The van der Waals surface area contributed by atoms with Gasteiger partial charge < -0.3 is 9.64 Å². The van der Waals surface area contributed by atoms with Crippen LogP contribution in [0.2, 0.25) is 0 Å². The molecule has 3 aromatic rings. The van der Waals surface area contributed by atoms with Crippen LogP contribution in [0.1, 0.15) is 5.82 Å². The number of methoxy groups -OCH3 is 1. The second-order valence-corrected chi connectivity index (χ2v) is 6.10. The van der Waals surface area contributed by atoms with Gasteiger partial charge in [0, 0.05) is 17.1 Å². The van der Waals surface area contributed by atoms with Gasteiger partial charge in [-0.25, -0.2) is 0 Å². The maximum absolute atomic E-state index is 5.41. The molecule has 25 heavy (non-hydrogen) atoms. The summed E-state index contributed by atoms with van der Waals surface area (Å²) in [6.07, 6.45) is 2.11. The highest BCUT2D eigenvalue weighted by Crippen LogP contribution is 2.17. The fourth-order valence-electron chi connectivity index (χ4n) is 2.86. The summed E-state index contributed by atoms with van der Waals surface area (Å²) in [5.41, 5.74) is 0.948. The van der Waals surface area contributed by atoms with Gasteiger partial charge >= 0.3 is 0 Å². The Kier molecular flexibility index (Phi) is 4.07. The van der Waals surface area contributed by atoms with Crippen molar-refractivity contribution < 1.29 is 4.74 Å². The van der Waals surface area contributed by atoms with Crippen molar-refractivity contribution in [1.82, 2.24) is 19.7 Å². The van der Waals surface area contributed by atoms with Gasteiger partial charge in [-0.2, -0.15) is 5.10 Å². The summed E-state index contributed by atoms with van der Waals surface area (Å²) in [7, 11) is 1.65. The maximum Gasteiger partial charge on any atom is 0.199 e. The average Bonchev–Trinajstić information content (AvgIpc) is 3.02. The highest BCUT2D eigenvalue weighted by molar-refractivity contribution is 7.71. The molecule has 0 unspecified atom stereocenters. The molecule has 1 aliphatic heterocycles. The lowest BCUT2D eigenvalue weighted by Crippen LogP contribution is -2.35. The van der Waals surface area contributed by atoms with Crippen LogP contribution >= 0.6 is 12.2 Å². The molecule has 0 saturated carbocycles. The SMILES string of the molecule is COc1ccc(-n2c(CN3C=c4ccccc4=NC3)n[nH]c2=S)cc1. The number of H-pyrrole nitrogens is 1. The van der Waals surface area contributed by atoms with Crippen molar-refractivity contribution in [2.75, 3.05) is 13.8 Å². The molecule has 0 radical (unpaired) electrons. The van der Waals surface area contributed by atoms with Gasteiger partial charge in [0.15, 0.2) is 10.6 Å². The molecule has 4 rings (SSSR count). The van der Waals surface area contributed by atoms with Gasteiger partial charge in [-0.05, 0) is 42.5 Å². The summed E-state index contributed by atoms with van der Waals surface area (Å²) >= 11 is 5.41. The molecule has 1 N–H and O–H groups in total. The number of nitrogens with zero attached hydrogens (tertiary/aromatic N) is 4. The van der Waals surface area contributed by atoms with Crippen LogP contribution in [0.5, 0.6) is 5.75 Å². The highest BCUT2D eigenvalue weighted by atomic mass is 32.1. The van der Waals surface area contributed by atoms with Crippen molar-refractivity contribution in [3.05, 3.63) is 69.7 Å². The van der Waals surface area contributed by atoms with Gasteiger partial charge in [0.25, 0.3) is 0 Å². The van der Waals surface area contributed by atoms with E-state index < -0.39 is 0 Å². The first-order valence-electron chi connectivity index (χ1n) is 7.91. The zero-order valence-electron chi connectivity index (χ0n) is 13.7. The summed E-state index contributed by atoms with van der Waals surface area (Å²) in [6.45, 7) is 1.20. The van der Waals surface area contributed by atoms with Gasteiger partial charge in [-0.1, -0.05) is 18.2 Å². The van der Waals surface area contributed by atoms with Gasteiger partial charge in [0.1, 0.15) is 12.4 Å². The molecular weight excluding hydrogens is 334 g/mol. The molecule has 0 atom stereocenters. The Morgan fingerprint density at radius 1 is 1.16 bits per heavy atom. The second kappa shape index (κ2) is 6.52. The Hall–Kier alpha value is -2.93. The fraction of sp³-hybridized carbons (Fsp3) is 0.167. The van der Waals surface area contributed by atoms with E-state index in [4.69, 9.17) is 17.0 Å². The Morgan fingerprint density at radius 3 is 2.76 bits per heavy atom. The van der Waals surface area contributed by atoms with Crippen LogP contribution in [0.3, 0.4) is 0 Å². The maximum atomic E-state index is 5.41. The number of nitrogens with one attached hydrogen (secondary N) is 1. The van der Waals surface area contributed by atoms with Gasteiger partial charge in [-0.3, -0.25) is 14.7 Å². The zero-order chi connectivity index (χ0) is 17.2. The van der Waals surface area contributed by atoms with Gasteiger partial charge in [-0.15, -0.1) is 0 Å². The van der Waals surface area contributed by atoms with E-state index in [1.807, 2.05) is 47.0 Å². The smallest absolute Gasteiger partial charge is 0.199 e. The van der Waals surface area contributed by atoms with E-state index >= 15 is 0 Å². The molecule has 1 aliphatic rings. The van der Waals surface area contributed by atoms with Crippen LogP contribution in [0.15, 0.2) is 53.5 Å². The fourth-order valence-corrected chi connectivity index (χ4v) is 3.11. The molecule has 0 aliphatic carbocycles. The topological polar surface area (TPSA) is 58.4 Å². The van der Waals surface area contributed by atoms with Crippen molar-refractivity contribution in [2.45, 2.75) is 6.54 Å². The third-order valence-electron chi connectivity index (χ3n) is 4.10. The molecule has 2 aromatic carbocycles. The monoisotopic (exact) mass is 351 g/mol. The Balaban J connectivity index is 1.66. The molecule has 7 heteroatoms. The van der Waals surface area contributed by atoms with E-state index in [-0.39, 0.29) is 0 Å². The standard InChI is InChI=1S/C18H17N5OS/c1-24-15-8-6-14(7-9-15)23-17(20-21-18(23)25)11-22-10-13-4-2-3-5-16(13)19-12-22/h2-10H,11-12H2,1H3,(H,21,25). The molecule has 0 amide bonds. The first-order valence-corrected chi connectivity index (χ1v) is 8.31. The summed E-state index contributed by atoms with van der Waals surface area (Å²) in [6, 6.07) is 15.9. The Labute approximate surface area is 149 Å². The summed E-state index contributed by atoms with van der Waals surface area (Å²) < 4.78 is 7.72. The lowest BCUT2D eigenvalue weighted by molar-refractivity contribution is 0.392. The number of benzene rings is 2. The lowest BCUT2D eigenvalue weighted by Gasteiger charge is -2.20. The lowest BCUT2D eigenvalue weighted by atomic mass is 10.2. The molecule has 2 heterocycles. The predicted octanol–water partition coefficient (Wildman–Crippen LogP) is 1.77. The number of rotatable bonds is 4. The minimum Gasteiger partial charge on any atom is -0.497 e. The number of para-hydroxylation sites is 1. The van der Waals surface area contributed by atoms with E-state index in [1.165, 1.54) is 0 Å². The van der Waals surface area contributed by atoms with E-state index in [2.05, 4.69) is 32.4 Å². The van der Waals surface area contributed by atoms with E-state index in [9.17, 15) is 0 Å². The van der Waals surface area contributed by atoms with E-state index in [0.717, 1.165) is 27.8 Å². The van der Waals surface area contributed by atoms with Crippen molar-refractivity contribution >= 4 is 18.4 Å². The molecular formula is C18H17N5OS. The first-order chi connectivity index (χ1) is 12.2. The number of hydrogen-bond donors (Lipinski definition) is 1. The number of ether oxygens (including phenoxy) is 1. The van der Waals surface area contributed by atoms with Crippen LogP contribution in [0, 0.1) is 4.77 Å². The average molecular weight is 351 g/mol. The molecule has 0 saturated heterocycles. The van der Waals surface area contributed by atoms with Crippen LogP contribution in [-0.4, -0.2) is 33.4 Å². The summed E-state index contributed by atoms with van der Waals surface area (Å²) in [4.78, 5) is 6.73. The third kappa shape index (κ3) is 3.06. The molecule has 1 aromatic heterocycles. The Bertz CT molecular complexity index is 1070. The molecule has 0 spiro atoms. The molecule has 126 valence electrons. The number of fused-ring (bicyclic) bond motifs is 1. The van der Waals surface area contributed by atoms with Gasteiger partial charge in [0.05, 0.1) is 19.0 Å². The molecule has 0 bridgehead atoms. The van der Waals surface area contributed by atoms with Crippen molar-refractivity contribution in [3.63, 3.8) is 0 Å². The summed E-state index contributed by atoms with van der Waals surface area (Å²) in [5.74, 6) is 1.64. The number of aromatic nitrogens is 3. The minimum absolute atomic E-state index is 0.564. The normalized spacial score (nSPS) is 12.9. The number of hydrogen-bond acceptors (Lipinski definition) is 5.